The zero-order valence-corrected chi connectivity index (χ0v) is 13.5. The fourth-order valence-corrected chi connectivity index (χ4v) is 8.02. The Morgan fingerprint density at radius 2 is 1.38 bits per heavy atom. The number of rotatable bonds is 1. The van der Waals surface area contributed by atoms with Crippen molar-refractivity contribution >= 4 is 11.1 Å². The molecule has 1 heterocycles. The fraction of sp³-hybridized carbons (Fsp3) is 1.00. The number of epoxide rings is 1. The van der Waals surface area contributed by atoms with Gasteiger partial charge >= 0.3 is 0 Å². The van der Waals surface area contributed by atoms with E-state index in [1.54, 1.807) is 0 Å². The van der Waals surface area contributed by atoms with Crippen LogP contribution in [0, 0.1) is 35.5 Å². The SMILES string of the molecule is O=[SH+](O)C1CCC2C3CCC4CC5OC5CC4C3CCC21. The molecule has 0 aromatic carbocycles. The summed E-state index contributed by atoms with van der Waals surface area (Å²) in [4.78, 5) is 0. The van der Waals surface area contributed by atoms with E-state index in [0.29, 0.717) is 18.1 Å². The van der Waals surface area contributed by atoms with Crippen LogP contribution < -0.4 is 0 Å². The highest BCUT2D eigenvalue weighted by Crippen LogP contribution is 2.60. The van der Waals surface area contributed by atoms with Crippen molar-refractivity contribution in [2.45, 2.75) is 68.8 Å². The Balaban J connectivity index is 1.37. The van der Waals surface area contributed by atoms with Crippen LogP contribution in [-0.2, 0) is 20.0 Å². The molecule has 5 aliphatic rings. The zero-order chi connectivity index (χ0) is 14.1. The molecule has 4 heteroatoms. The van der Waals surface area contributed by atoms with E-state index in [2.05, 4.69) is 0 Å². The van der Waals surface area contributed by atoms with Gasteiger partial charge in [0.05, 0.1) is 12.2 Å². The normalized spacial score (nSPS) is 59.4. The van der Waals surface area contributed by atoms with Crippen LogP contribution in [-0.4, -0.2) is 22.0 Å². The molecule has 0 amide bonds. The van der Waals surface area contributed by atoms with Crippen molar-refractivity contribution in [2.24, 2.45) is 35.5 Å². The molecular weight excluding hydrogens is 284 g/mol. The number of thiol groups is 1. The lowest BCUT2D eigenvalue weighted by Crippen LogP contribution is -2.45. The van der Waals surface area contributed by atoms with Crippen LogP contribution in [0.3, 0.4) is 0 Å². The molecule has 0 spiro atoms. The van der Waals surface area contributed by atoms with E-state index in [0.717, 1.165) is 36.0 Å². The Kier molecular flexibility index (Phi) is 3.07. The van der Waals surface area contributed by atoms with Crippen molar-refractivity contribution in [3.8, 4) is 0 Å². The molecule has 0 aromatic rings. The van der Waals surface area contributed by atoms with Crippen molar-refractivity contribution in [3.05, 3.63) is 0 Å². The molecular formula is C17H27O3S+. The molecule has 3 nitrogen and oxygen atoms in total. The first-order valence-corrected chi connectivity index (χ1v) is 10.3. The third-order valence-corrected chi connectivity index (χ3v) is 9.02. The molecule has 0 radical (unpaired) electrons. The molecule has 21 heavy (non-hydrogen) atoms. The summed E-state index contributed by atoms with van der Waals surface area (Å²) < 4.78 is 27.0. The maximum atomic E-state index is 11.6. The van der Waals surface area contributed by atoms with Crippen molar-refractivity contribution < 1.29 is 13.5 Å². The van der Waals surface area contributed by atoms with Gasteiger partial charge in [0, 0.05) is 5.92 Å². The smallest absolute Gasteiger partial charge is 0.204 e. The summed E-state index contributed by atoms with van der Waals surface area (Å²) >= 11 is -1.96. The van der Waals surface area contributed by atoms with Crippen LogP contribution in [0.2, 0.25) is 0 Å². The molecule has 4 saturated carbocycles. The van der Waals surface area contributed by atoms with Gasteiger partial charge in [-0.1, -0.05) is 4.21 Å². The summed E-state index contributed by atoms with van der Waals surface area (Å²) in [5, 5.41) is 0.117. The highest BCUT2D eigenvalue weighted by Gasteiger charge is 2.57. The minimum Gasteiger partial charge on any atom is -0.370 e. The molecule has 5 rings (SSSR count). The molecule has 1 aliphatic heterocycles. The molecule has 1 N–H and O–H groups in total. The molecule has 1 saturated heterocycles. The Hall–Kier alpha value is 0.0700. The van der Waals surface area contributed by atoms with Crippen LogP contribution in [0.15, 0.2) is 0 Å². The summed E-state index contributed by atoms with van der Waals surface area (Å²) in [5.74, 6) is 4.93. The van der Waals surface area contributed by atoms with Gasteiger partial charge in [0.25, 0.3) is 0 Å². The Morgan fingerprint density at radius 1 is 0.762 bits per heavy atom. The standard InChI is InChI=1S/C17H26O3S/c18-21(19)17-6-5-11-10-2-1-9-7-15-16(20-15)8-14(9)12(10)3-4-13(11)17/h9-17H,1-8H2,(H,18,19)/p+1. The Bertz CT molecular complexity index is 467. The molecule has 10 unspecified atom stereocenters. The minimum absolute atomic E-state index is 0.117. The number of ether oxygens (including phenoxy) is 1. The van der Waals surface area contributed by atoms with Crippen molar-refractivity contribution in [3.63, 3.8) is 0 Å². The van der Waals surface area contributed by atoms with Crippen LogP contribution in [0.1, 0.15) is 51.4 Å². The predicted octanol–water partition coefficient (Wildman–Crippen LogP) is 3.16. The maximum absolute atomic E-state index is 11.6. The first-order chi connectivity index (χ1) is 10.2. The zero-order valence-electron chi connectivity index (χ0n) is 12.6. The predicted molar refractivity (Wildman–Crippen MR) is 82.4 cm³/mol. The van der Waals surface area contributed by atoms with Crippen LogP contribution in [0.25, 0.3) is 0 Å². The summed E-state index contributed by atoms with van der Waals surface area (Å²) in [6.45, 7) is 0. The average molecular weight is 311 g/mol. The average Bonchev–Trinajstić information content (AvgIpc) is 3.09. The minimum atomic E-state index is -1.96. The van der Waals surface area contributed by atoms with Crippen molar-refractivity contribution in [1.82, 2.24) is 0 Å². The lowest BCUT2D eigenvalue weighted by Gasteiger charge is -2.51. The van der Waals surface area contributed by atoms with Crippen LogP contribution in [0.5, 0.6) is 0 Å². The van der Waals surface area contributed by atoms with E-state index in [-0.39, 0.29) is 5.25 Å². The second-order valence-electron chi connectivity index (χ2n) is 8.37. The summed E-state index contributed by atoms with van der Waals surface area (Å²) in [6.07, 6.45) is 11.4. The van der Waals surface area contributed by atoms with E-state index in [1.807, 2.05) is 0 Å². The molecule has 0 bridgehead atoms. The third-order valence-electron chi connectivity index (χ3n) is 7.81. The number of hydrogen-bond acceptors (Lipinski definition) is 2. The van der Waals surface area contributed by atoms with Gasteiger partial charge < -0.3 is 4.74 Å². The van der Waals surface area contributed by atoms with Crippen molar-refractivity contribution in [2.75, 3.05) is 0 Å². The Morgan fingerprint density at radius 3 is 2.24 bits per heavy atom. The quantitative estimate of drug-likeness (QED) is 0.460. The van der Waals surface area contributed by atoms with Gasteiger partial charge in [-0.25, -0.2) is 0 Å². The van der Waals surface area contributed by atoms with Gasteiger partial charge in [-0.3, -0.25) is 0 Å². The van der Waals surface area contributed by atoms with Gasteiger partial charge in [-0.2, -0.15) is 4.55 Å². The van der Waals surface area contributed by atoms with E-state index in [1.165, 1.54) is 44.9 Å². The highest BCUT2D eigenvalue weighted by atomic mass is 32.2. The second kappa shape index (κ2) is 4.78. The molecule has 10 atom stereocenters. The van der Waals surface area contributed by atoms with E-state index in [9.17, 15) is 8.76 Å². The van der Waals surface area contributed by atoms with Gasteiger partial charge in [0.15, 0.2) is 5.25 Å². The molecule has 4 aliphatic carbocycles. The lowest BCUT2D eigenvalue weighted by atomic mass is 9.54. The van der Waals surface area contributed by atoms with E-state index < -0.39 is 11.1 Å². The molecule has 0 aromatic heterocycles. The molecule has 118 valence electrons. The van der Waals surface area contributed by atoms with E-state index in [4.69, 9.17) is 4.74 Å². The van der Waals surface area contributed by atoms with Crippen LogP contribution >= 0.6 is 0 Å². The topological polar surface area (TPSA) is 49.8 Å². The molecule has 5 fully saturated rings. The largest absolute Gasteiger partial charge is 0.370 e. The fourth-order valence-electron chi connectivity index (χ4n) is 6.96. The summed E-state index contributed by atoms with van der Waals surface area (Å²) in [5.41, 5.74) is 0. The van der Waals surface area contributed by atoms with Crippen LogP contribution in [0.4, 0.5) is 0 Å². The highest BCUT2D eigenvalue weighted by molar-refractivity contribution is 7.79. The van der Waals surface area contributed by atoms with Gasteiger partial charge in [0.1, 0.15) is 0 Å². The third kappa shape index (κ3) is 2.01. The monoisotopic (exact) mass is 311 g/mol. The summed E-state index contributed by atoms with van der Waals surface area (Å²) in [7, 11) is 0. The van der Waals surface area contributed by atoms with Gasteiger partial charge in [-0.05, 0) is 81.0 Å². The lowest BCUT2D eigenvalue weighted by molar-refractivity contribution is -0.0128. The Labute approximate surface area is 129 Å². The van der Waals surface area contributed by atoms with Gasteiger partial charge in [0.2, 0.25) is 11.1 Å². The van der Waals surface area contributed by atoms with E-state index >= 15 is 0 Å². The summed E-state index contributed by atoms with van der Waals surface area (Å²) in [6, 6.07) is 0. The number of fused-ring (bicyclic) bond motifs is 6. The first kappa shape index (κ1) is 13.5. The maximum Gasteiger partial charge on any atom is 0.204 e. The second-order valence-corrected chi connectivity index (χ2v) is 9.63. The number of hydrogen-bond donors (Lipinski definition) is 1. The van der Waals surface area contributed by atoms with Gasteiger partial charge in [-0.15, -0.1) is 0 Å². The first-order valence-electron chi connectivity index (χ1n) is 9.03. The van der Waals surface area contributed by atoms with Crippen molar-refractivity contribution in [1.29, 1.82) is 0 Å².